The van der Waals surface area contributed by atoms with E-state index in [-0.39, 0.29) is 5.91 Å². The number of hydrogen-bond donors (Lipinski definition) is 2. The van der Waals surface area contributed by atoms with Crippen LogP contribution >= 0.6 is 0 Å². The first kappa shape index (κ1) is 12.1. The van der Waals surface area contributed by atoms with Gasteiger partial charge in [0, 0.05) is 17.6 Å². The Morgan fingerprint density at radius 2 is 2.12 bits per heavy atom. The van der Waals surface area contributed by atoms with Gasteiger partial charge in [0.25, 0.3) is 5.91 Å². The Bertz CT molecular complexity index is 436. The van der Waals surface area contributed by atoms with Crippen LogP contribution in [0, 0.1) is 0 Å². The molecule has 0 atom stereocenters. The van der Waals surface area contributed by atoms with E-state index < -0.39 is 5.54 Å². The summed E-state index contributed by atoms with van der Waals surface area (Å²) in [5, 5.41) is 2.83. The van der Waals surface area contributed by atoms with Crippen LogP contribution in [0.3, 0.4) is 0 Å². The molecule has 1 amide bonds. The third-order valence-corrected chi connectivity index (χ3v) is 2.69. The lowest BCUT2D eigenvalue weighted by Crippen LogP contribution is -2.45. The molecule has 0 spiro atoms. The van der Waals surface area contributed by atoms with E-state index >= 15 is 0 Å². The van der Waals surface area contributed by atoms with E-state index in [2.05, 4.69) is 5.32 Å². The molecule has 3 N–H and O–H groups in total. The number of carbonyl (C=O) groups is 1. The van der Waals surface area contributed by atoms with Crippen LogP contribution in [0.1, 0.15) is 35.3 Å². The number of rotatable bonds is 3. The summed E-state index contributed by atoms with van der Waals surface area (Å²) in [7, 11) is 0. The molecule has 0 aliphatic carbocycles. The molecule has 0 aromatic heterocycles. The third-order valence-electron chi connectivity index (χ3n) is 2.69. The average molecular weight is 234 g/mol. The van der Waals surface area contributed by atoms with E-state index in [1.807, 2.05) is 32.0 Å². The Morgan fingerprint density at radius 1 is 1.41 bits per heavy atom. The van der Waals surface area contributed by atoms with E-state index in [1.165, 1.54) is 5.56 Å². The molecule has 1 aliphatic heterocycles. The molecule has 1 heterocycles. The van der Waals surface area contributed by atoms with Crippen LogP contribution in [0.25, 0.3) is 0 Å². The molecule has 0 saturated carbocycles. The van der Waals surface area contributed by atoms with Crippen molar-refractivity contribution in [1.82, 2.24) is 5.32 Å². The van der Waals surface area contributed by atoms with Crippen molar-refractivity contribution < 1.29 is 9.53 Å². The minimum absolute atomic E-state index is 0.0850. The average Bonchev–Trinajstić information content (AvgIpc) is 2.71. The van der Waals surface area contributed by atoms with Crippen molar-refractivity contribution in [2.75, 3.05) is 6.54 Å². The first-order chi connectivity index (χ1) is 7.96. The quantitative estimate of drug-likeness (QED) is 0.825. The molecule has 0 saturated heterocycles. The Labute approximate surface area is 101 Å². The maximum absolute atomic E-state index is 11.9. The molecule has 0 fully saturated rings. The van der Waals surface area contributed by atoms with Crippen molar-refractivity contribution >= 4 is 5.91 Å². The predicted molar refractivity (Wildman–Crippen MR) is 65.5 cm³/mol. The van der Waals surface area contributed by atoms with Crippen molar-refractivity contribution in [2.24, 2.45) is 5.73 Å². The second kappa shape index (κ2) is 4.47. The topological polar surface area (TPSA) is 64.3 Å². The summed E-state index contributed by atoms with van der Waals surface area (Å²) < 4.78 is 5.31. The van der Waals surface area contributed by atoms with Crippen LogP contribution in [0.5, 0.6) is 0 Å². The van der Waals surface area contributed by atoms with E-state index in [9.17, 15) is 4.79 Å². The predicted octanol–water partition coefficient (Wildman–Crippen LogP) is 1.18. The summed E-state index contributed by atoms with van der Waals surface area (Å²) in [4.78, 5) is 11.9. The lowest BCUT2D eigenvalue weighted by Gasteiger charge is -2.18. The Kier molecular flexibility index (Phi) is 3.17. The zero-order valence-electron chi connectivity index (χ0n) is 10.2. The van der Waals surface area contributed by atoms with Gasteiger partial charge in [0.2, 0.25) is 0 Å². The number of fused-ring (bicyclic) bond motifs is 1. The van der Waals surface area contributed by atoms with Gasteiger partial charge in [-0.2, -0.15) is 0 Å². The van der Waals surface area contributed by atoms with Crippen LogP contribution in [-0.4, -0.2) is 18.0 Å². The number of nitrogens with one attached hydrogen (secondary N) is 1. The molecule has 4 nitrogen and oxygen atoms in total. The van der Waals surface area contributed by atoms with E-state index in [4.69, 9.17) is 10.5 Å². The van der Waals surface area contributed by atoms with Gasteiger partial charge in [-0.15, -0.1) is 0 Å². The minimum atomic E-state index is -0.393. The summed E-state index contributed by atoms with van der Waals surface area (Å²) in [6, 6.07) is 5.67. The standard InChI is InChI=1S/C13H18N2O2/c1-13(2,14)8-15-12(16)9-3-4-10-6-17-7-11(10)5-9/h3-5H,6-8,14H2,1-2H3,(H,15,16). The van der Waals surface area contributed by atoms with Gasteiger partial charge in [-0.05, 0) is 37.1 Å². The van der Waals surface area contributed by atoms with Crippen LogP contribution in [0.15, 0.2) is 18.2 Å². The molecular weight excluding hydrogens is 216 g/mol. The maximum Gasteiger partial charge on any atom is 0.251 e. The van der Waals surface area contributed by atoms with E-state index in [0.29, 0.717) is 25.3 Å². The largest absolute Gasteiger partial charge is 0.372 e. The summed E-state index contributed by atoms with van der Waals surface area (Å²) in [5.74, 6) is -0.0850. The van der Waals surface area contributed by atoms with Gasteiger partial charge in [-0.3, -0.25) is 4.79 Å². The van der Waals surface area contributed by atoms with Crippen LogP contribution < -0.4 is 11.1 Å². The fourth-order valence-corrected chi connectivity index (χ4v) is 1.72. The molecule has 17 heavy (non-hydrogen) atoms. The molecule has 0 bridgehead atoms. The van der Waals surface area contributed by atoms with Crippen molar-refractivity contribution in [3.63, 3.8) is 0 Å². The number of carbonyl (C=O) groups excluding carboxylic acids is 1. The molecule has 1 aromatic rings. The summed E-state index contributed by atoms with van der Waals surface area (Å²) in [5.41, 5.74) is 8.36. The SMILES string of the molecule is CC(C)(N)CNC(=O)c1ccc2c(c1)COC2. The summed E-state index contributed by atoms with van der Waals surface area (Å²) in [6.07, 6.45) is 0. The molecule has 92 valence electrons. The molecular formula is C13H18N2O2. The maximum atomic E-state index is 11.9. The van der Waals surface area contributed by atoms with Gasteiger partial charge in [0.05, 0.1) is 13.2 Å². The van der Waals surface area contributed by atoms with Crippen LogP contribution in [-0.2, 0) is 18.0 Å². The Balaban J connectivity index is 2.05. The second-order valence-corrected chi connectivity index (χ2v) is 5.15. The highest BCUT2D eigenvalue weighted by Crippen LogP contribution is 2.20. The number of nitrogens with two attached hydrogens (primary N) is 1. The van der Waals surface area contributed by atoms with Crippen molar-refractivity contribution in [3.05, 3.63) is 34.9 Å². The summed E-state index contributed by atoms with van der Waals surface area (Å²) >= 11 is 0. The summed E-state index contributed by atoms with van der Waals surface area (Å²) in [6.45, 7) is 5.46. The fraction of sp³-hybridized carbons (Fsp3) is 0.462. The second-order valence-electron chi connectivity index (χ2n) is 5.15. The van der Waals surface area contributed by atoms with Crippen LogP contribution in [0.4, 0.5) is 0 Å². The highest BCUT2D eigenvalue weighted by Gasteiger charge is 2.16. The minimum Gasteiger partial charge on any atom is -0.372 e. The molecule has 0 unspecified atom stereocenters. The lowest BCUT2D eigenvalue weighted by molar-refractivity contribution is 0.0946. The molecule has 0 radical (unpaired) electrons. The number of amides is 1. The van der Waals surface area contributed by atoms with Gasteiger partial charge < -0.3 is 15.8 Å². The van der Waals surface area contributed by atoms with E-state index in [0.717, 1.165) is 5.56 Å². The molecule has 1 aromatic carbocycles. The van der Waals surface area contributed by atoms with Gasteiger partial charge in [0.15, 0.2) is 0 Å². The smallest absolute Gasteiger partial charge is 0.251 e. The molecule has 2 rings (SSSR count). The Hall–Kier alpha value is -1.39. The zero-order chi connectivity index (χ0) is 12.5. The Morgan fingerprint density at radius 3 is 2.82 bits per heavy atom. The zero-order valence-corrected chi connectivity index (χ0v) is 10.2. The van der Waals surface area contributed by atoms with Crippen molar-refractivity contribution in [3.8, 4) is 0 Å². The van der Waals surface area contributed by atoms with Crippen molar-refractivity contribution in [1.29, 1.82) is 0 Å². The third kappa shape index (κ3) is 3.05. The molecule has 1 aliphatic rings. The van der Waals surface area contributed by atoms with Gasteiger partial charge in [-0.1, -0.05) is 6.07 Å². The number of hydrogen-bond acceptors (Lipinski definition) is 3. The van der Waals surface area contributed by atoms with Gasteiger partial charge in [0.1, 0.15) is 0 Å². The molecule has 4 heteroatoms. The van der Waals surface area contributed by atoms with Crippen molar-refractivity contribution in [2.45, 2.75) is 32.6 Å². The first-order valence-corrected chi connectivity index (χ1v) is 5.72. The highest BCUT2D eigenvalue weighted by atomic mass is 16.5. The number of ether oxygens (including phenoxy) is 1. The lowest BCUT2D eigenvalue weighted by atomic mass is 10.0. The highest BCUT2D eigenvalue weighted by molar-refractivity contribution is 5.94. The number of benzene rings is 1. The van der Waals surface area contributed by atoms with Crippen LogP contribution in [0.2, 0.25) is 0 Å². The first-order valence-electron chi connectivity index (χ1n) is 5.72. The normalized spacial score (nSPS) is 14.5. The fourth-order valence-electron chi connectivity index (χ4n) is 1.72. The van der Waals surface area contributed by atoms with Gasteiger partial charge in [-0.25, -0.2) is 0 Å². The monoisotopic (exact) mass is 234 g/mol. The van der Waals surface area contributed by atoms with Gasteiger partial charge >= 0.3 is 0 Å². The van der Waals surface area contributed by atoms with E-state index in [1.54, 1.807) is 0 Å².